The first-order valence-corrected chi connectivity index (χ1v) is 7.14. The van der Waals surface area contributed by atoms with Crippen molar-refractivity contribution in [2.45, 2.75) is 13.5 Å². The number of hydrogen-bond acceptors (Lipinski definition) is 7. The topological polar surface area (TPSA) is 94.6 Å². The molecule has 2 aromatic rings. The Kier molecular flexibility index (Phi) is 4.41. The number of rotatable bonds is 5. The molecule has 8 heteroatoms. The number of aromatic nitrogens is 2. The van der Waals surface area contributed by atoms with Gasteiger partial charge >= 0.3 is 6.09 Å². The van der Waals surface area contributed by atoms with Gasteiger partial charge in [-0.05, 0) is 36.8 Å². The molecule has 0 fully saturated rings. The average Bonchev–Trinajstić information content (AvgIpc) is 3.02. The molecule has 0 radical (unpaired) electrons. The number of amides is 1. The van der Waals surface area contributed by atoms with Gasteiger partial charge in [-0.1, -0.05) is 6.07 Å². The van der Waals surface area contributed by atoms with E-state index in [9.17, 15) is 4.79 Å². The van der Waals surface area contributed by atoms with Gasteiger partial charge in [0.1, 0.15) is 5.82 Å². The lowest BCUT2D eigenvalue weighted by Crippen LogP contribution is -2.14. The molecule has 1 aliphatic rings. The lowest BCUT2D eigenvalue weighted by molar-refractivity contribution is 0.167. The molecule has 0 aliphatic carbocycles. The number of fused-ring (bicyclic) bond motifs is 1. The quantitative estimate of drug-likeness (QED) is 0.874. The molecule has 8 nitrogen and oxygen atoms in total. The van der Waals surface area contributed by atoms with Gasteiger partial charge in [-0.15, -0.1) is 10.2 Å². The van der Waals surface area contributed by atoms with Crippen molar-refractivity contribution >= 4 is 17.7 Å². The number of anilines is 2. The Bertz CT molecular complexity index is 690. The number of hydrogen-bond donors (Lipinski definition) is 2. The first-order chi connectivity index (χ1) is 11.2. The molecule has 1 amide bonds. The summed E-state index contributed by atoms with van der Waals surface area (Å²) >= 11 is 0. The molecule has 2 heterocycles. The fourth-order valence-electron chi connectivity index (χ4n) is 2.01. The van der Waals surface area contributed by atoms with E-state index in [0.29, 0.717) is 24.8 Å². The molecule has 1 aromatic carbocycles. The average molecular weight is 316 g/mol. The van der Waals surface area contributed by atoms with E-state index < -0.39 is 6.09 Å². The summed E-state index contributed by atoms with van der Waals surface area (Å²) in [6.07, 6.45) is -0.553. The first kappa shape index (κ1) is 14.9. The van der Waals surface area contributed by atoms with Gasteiger partial charge < -0.3 is 19.5 Å². The summed E-state index contributed by atoms with van der Waals surface area (Å²) in [6.45, 7) is 2.85. The van der Waals surface area contributed by atoms with Crippen LogP contribution in [0.2, 0.25) is 0 Å². The number of nitrogens with one attached hydrogen (secondary N) is 2. The normalized spacial score (nSPS) is 11.9. The van der Waals surface area contributed by atoms with Crippen LogP contribution in [0.1, 0.15) is 12.5 Å². The zero-order chi connectivity index (χ0) is 16.1. The molecule has 0 atom stereocenters. The molecule has 3 rings (SSSR count). The maximum atomic E-state index is 11.3. The number of ether oxygens (including phenoxy) is 3. The molecule has 0 saturated heterocycles. The fraction of sp³-hybridized carbons (Fsp3) is 0.267. The number of carbonyl (C=O) groups excluding carboxylic acids is 1. The fourth-order valence-corrected chi connectivity index (χ4v) is 2.01. The maximum Gasteiger partial charge on any atom is 0.412 e. The zero-order valence-electron chi connectivity index (χ0n) is 12.5. The summed E-state index contributed by atoms with van der Waals surface area (Å²) < 4.78 is 15.4. The Morgan fingerprint density at radius 2 is 1.96 bits per heavy atom. The standard InChI is InChI=1S/C15H16N4O4/c1-2-21-15(20)17-14-6-5-13(18-19-14)16-8-10-3-4-11-12(7-10)23-9-22-11/h3-7H,2,8-9H2,1H3,(H,16,18)(H,17,19,20). The molecule has 0 bridgehead atoms. The third kappa shape index (κ3) is 3.79. The van der Waals surface area contributed by atoms with Crippen molar-refractivity contribution in [2.24, 2.45) is 0 Å². The van der Waals surface area contributed by atoms with E-state index in [2.05, 4.69) is 20.8 Å². The second-order valence-electron chi connectivity index (χ2n) is 4.69. The van der Waals surface area contributed by atoms with E-state index in [1.165, 1.54) is 0 Å². The predicted molar refractivity (Wildman–Crippen MR) is 82.6 cm³/mol. The minimum atomic E-state index is -0.553. The maximum absolute atomic E-state index is 11.3. The number of carbonyl (C=O) groups is 1. The summed E-state index contributed by atoms with van der Waals surface area (Å²) in [7, 11) is 0. The van der Waals surface area contributed by atoms with Crippen molar-refractivity contribution in [1.82, 2.24) is 10.2 Å². The third-order valence-corrected chi connectivity index (χ3v) is 3.08. The third-order valence-electron chi connectivity index (χ3n) is 3.08. The summed E-state index contributed by atoms with van der Waals surface area (Å²) in [5.74, 6) is 2.42. The van der Waals surface area contributed by atoms with Gasteiger partial charge in [0, 0.05) is 6.54 Å². The Balaban J connectivity index is 1.55. The number of benzene rings is 1. The van der Waals surface area contributed by atoms with Crippen LogP contribution in [0.4, 0.5) is 16.4 Å². The van der Waals surface area contributed by atoms with Crippen molar-refractivity contribution in [2.75, 3.05) is 24.0 Å². The van der Waals surface area contributed by atoms with Crippen LogP contribution >= 0.6 is 0 Å². The monoisotopic (exact) mass is 316 g/mol. The van der Waals surface area contributed by atoms with Crippen molar-refractivity contribution in [3.8, 4) is 11.5 Å². The molecule has 0 spiro atoms. The highest BCUT2D eigenvalue weighted by Crippen LogP contribution is 2.32. The molecule has 23 heavy (non-hydrogen) atoms. The molecule has 120 valence electrons. The minimum Gasteiger partial charge on any atom is -0.454 e. The lowest BCUT2D eigenvalue weighted by Gasteiger charge is -2.07. The van der Waals surface area contributed by atoms with E-state index in [0.717, 1.165) is 17.1 Å². The highest BCUT2D eigenvalue weighted by Gasteiger charge is 2.13. The largest absolute Gasteiger partial charge is 0.454 e. The van der Waals surface area contributed by atoms with E-state index in [4.69, 9.17) is 14.2 Å². The van der Waals surface area contributed by atoms with Gasteiger partial charge in [0.05, 0.1) is 6.61 Å². The van der Waals surface area contributed by atoms with Gasteiger partial charge in [0.15, 0.2) is 17.3 Å². The molecule has 2 N–H and O–H groups in total. The summed E-state index contributed by atoms with van der Waals surface area (Å²) in [6, 6.07) is 9.11. The van der Waals surface area contributed by atoms with Crippen LogP contribution in [0.25, 0.3) is 0 Å². The second kappa shape index (κ2) is 6.82. The Morgan fingerprint density at radius 3 is 2.74 bits per heavy atom. The van der Waals surface area contributed by atoms with Crippen molar-refractivity contribution in [3.05, 3.63) is 35.9 Å². The van der Waals surface area contributed by atoms with Crippen molar-refractivity contribution in [3.63, 3.8) is 0 Å². The van der Waals surface area contributed by atoms with Crippen LogP contribution < -0.4 is 20.1 Å². The highest BCUT2D eigenvalue weighted by atomic mass is 16.7. The van der Waals surface area contributed by atoms with E-state index in [1.807, 2.05) is 18.2 Å². The molecule has 0 unspecified atom stereocenters. The van der Waals surface area contributed by atoms with Crippen LogP contribution in [0.5, 0.6) is 11.5 Å². The summed E-state index contributed by atoms with van der Waals surface area (Å²) in [5.41, 5.74) is 1.03. The Labute approximate surface area is 132 Å². The SMILES string of the molecule is CCOC(=O)Nc1ccc(NCc2ccc3c(c2)OCO3)nn1. The zero-order valence-corrected chi connectivity index (χ0v) is 12.5. The number of nitrogens with zero attached hydrogens (tertiary/aromatic N) is 2. The van der Waals surface area contributed by atoms with Gasteiger partial charge in [-0.2, -0.15) is 0 Å². The van der Waals surface area contributed by atoms with Crippen molar-refractivity contribution in [1.29, 1.82) is 0 Å². The lowest BCUT2D eigenvalue weighted by atomic mass is 10.2. The van der Waals surface area contributed by atoms with Crippen LogP contribution in [0.3, 0.4) is 0 Å². The molecule has 1 aliphatic heterocycles. The van der Waals surface area contributed by atoms with Gasteiger partial charge in [-0.25, -0.2) is 4.79 Å². The van der Waals surface area contributed by atoms with Crippen LogP contribution in [-0.4, -0.2) is 29.7 Å². The molecule has 1 aromatic heterocycles. The minimum absolute atomic E-state index is 0.257. The van der Waals surface area contributed by atoms with E-state index >= 15 is 0 Å². The van der Waals surface area contributed by atoms with Crippen LogP contribution in [-0.2, 0) is 11.3 Å². The highest BCUT2D eigenvalue weighted by molar-refractivity contribution is 5.83. The second-order valence-corrected chi connectivity index (χ2v) is 4.69. The van der Waals surface area contributed by atoms with Gasteiger partial charge in [-0.3, -0.25) is 5.32 Å². The summed E-state index contributed by atoms with van der Waals surface area (Å²) in [4.78, 5) is 11.3. The van der Waals surface area contributed by atoms with Crippen LogP contribution in [0, 0.1) is 0 Å². The van der Waals surface area contributed by atoms with E-state index in [-0.39, 0.29) is 6.79 Å². The molecular weight excluding hydrogens is 300 g/mol. The van der Waals surface area contributed by atoms with Crippen LogP contribution in [0.15, 0.2) is 30.3 Å². The molecular formula is C15H16N4O4. The molecule has 0 saturated carbocycles. The Hall–Kier alpha value is -3.03. The van der Waals surface area contributed by atoms with Gasteiger partial charge in [0.25, 0.3) is 0 Å². The Morgan fingerprint density at radius 1 is 1.17 bits per heavy atom. The first-order valence-electron chi connectivity index (χ1n) is 7.14. The van der Waals surface area contributed by atoms with Gasteiger partial charge in [0.2, 0.25) is 6.79 Å². The predicted octanol–water partition coefficient (Wildman–Crippen LogP) is 2.39. The van der Waals surface area contributed by atoms with Crippen molar-refractivity contribution < 1.29 is 19.0 Å². The summed E-state index contributed by atoms with van der Waals surface area (Å²) in [5, 5.41) is 13.5. The smallest absolute Gasteiger partial charge is 0.412 e. The van der Waals surface area contributed by atoms with E-state index in [1.54, 1.807) is 19.1 Å².